The molecular weight excluding hydrogens is 266 g/mol. The van der Waals surface area contributed by atoms with Gasteiger partial charge >= 0.3 is 0 Å². The first kappa shape index (κ1) is 13.8. The molecule has 6 nitrogen and oxygen atoms in total. The lowest BCUT2D eigenvalue weighted by molar-refractivity contribution is -0.124. The second-order valence-electron chi connectivity index (χ2n) is 6.35. The lowest BCUT2D eigenvalue weighted by Crippen LogP contribution is -2.63. The molecule has 6 heteroatoms. The number of nitrogens with zero attached hydrogens (tertiary/aromatic N) is 2. The predicted molar refractivity (Wildman–Crippen MR) is 74.6 cm³/mol. The maximum atomic E-state index is 12.5. The summed E-state index contributed by atoms with van der Waals surface area (Å²) in [6.07, 6.45) is 4.68. The number of amides is 1. The van der Waals surface area contributed by atoms with Crippen LogP contribution in [0.2, 0.25) is 0 Å². The van der Waals surface area contributed by atoms with Crippen LogP contribution in [0.5, 0.6) is 0 Å². The largest absolute Gasteiger partial charge is 0.385 e. The van der Waals surface area contributed by atoms with Gasteiger partial charge in [0.25, 0.3) is 0 Å². The standard InChI is InChI=1S/C15H19N5O/c1-2-3-9-4-5-15-11(6-9)14(8-17,13(21)20-15)10(7-16)12(18)19-15/h9,11,19H,2-6,18H2,1H3,(H,20,21). The van der Waals surface area contributed by atoms with Gasteiger partial charge in [-0.1, -0.05) is 19.8 Å². The van der Waals surface area contributed by atoms with E-state index in [0.29, 0.717) is 5.92 Å². The van der Waals surface area contributed by atoms with Crippen LogP contribution in [0.25, 0.3) is 0 Å². The lowest BCUT2D eigenvalue weighted by Gasteiger charge is -2.48. The first-order valence-electron chi connectivity index (χ1n) is 7.46. The van der Waals surface area contributed by atoms with E-state index in [1.165, 1.54) is 0 Å². The van der Waals surface area contributed by atoms with Crippen LogP contribution in [0.3, 0.4) is 0 Å². The molecule has 4 unspecified atom stereocenters. The third-order valence-corrected chi connectivity index (χ3v) is 5.33. The minimum absolute atomic E-state index is 0.0813. The number of rotatable bonds is 2. The summed E-state index contributed by atoms with van der Waals surface area (Å²) in [6, 6.07) is 4.12. The molecule has 0 aromatic carbocycles. The summed E-state index contributed by atoms with van der Waals surface area (Å²) in [7, 11) is 0. The molecule has 21 heavy (non-hydrogen) atoms. The summed E-state index contributed by atoms with van der Waals surface area (Å²) >= 11 is 0. The number of hydrogen-bond donors (Lipinski definition) is 3. The van der Waals surface area contributed by atoms with E-state index in [9.17, 15) is 15.3 Å². The Hall–Kier alpha value is -2.21. The average molecular weight is 285 g/mol. The number of hydrogen-bond acceptors (Lipinski definition) is 5. The van der Waals surface area contributed by atoms with Crippen molar-refractivity contribution in [1.82, 2.24) is 10.6 Å². The normalized spacial score (nSPS) is 40.6. The van der Waals surface area contributed by atoms with Crippen LogP contribution in [-0.2, 0) is 4.79 Å². The number of nitriles is 2. The Labute approximate surface area is 124 Å². The van der Waals surface area contributed by atoms with Gasteiger partial charge in [-0.05, 0) is 25.2 Å². The maximum absolute atomic E-state index is 12.5. The molecule has 2 bridgehead atoms. The van der Waals surface area contributed by atoms with Crippen molar-refractivity contribution >= 4 is 5.91 Å². The van der Waals surface area contributed by atoms with Crippen LogP contribution in [0.15, 0.2) is 11.4 Å². The van der Waals surface area contributed by atoms with Crippen molar-refractivity contribution < 1.29 is 4.79 Å². The predicted octanol–water partition coefficient (Wildman–Crippen LogP) is 0.836. The van der Waals surface area contributed by atoms with Gasteiger partial charge in [0.1, 0.15) is 17.6 Å². The minimum Gasteiger partial charge on any atom is -0.385 e. The maximum Gasteiger partial charge on any atom is 0.248 e. The van der Waals surface area contributed by atoms with Gasteiger partial charge in [-0.2, -0.15) is 10.5 Å². The van der Waals surface area contributed by atoms with Crippen molar-refractivity contribution in [1.29, 1.82) is 10.5 Å². The molecule has 1 saturated heterocycles. The molecule has 1 aliphatic carbocycles. The molecule has 110 valence electrons. The van der Waals surface area contributed by atoms with E-state index in [4.69, 9.17) is 5.73 Å². The summed E-state index contributed by atoms with van der Waals surface area (Å²) in [6.45, 7) is 2.14. The summed E-state index contributed by atoms with van der Waals surface area (Å²) in [5.74, 6) is 0.0589. The van der Waals surface area contributed by atoms with Gasteiger partial charge in [-0.25, -0.2) is 0 Å². The first-order valence-corrected chi connectivity index (χ1v) is 7.46. The van der Waals surface area contributed by atoms with Crippen LogP contribution in [0, 0.1) is 39.9 Å². The van der Waals surface area contributed by atoms with Crippen molar-refractivity contribution in [3.63, 3.8) is 0 Å². The van der Waals surface area contributed by atoms with E-state index in [2.05, 4.69) is 23.6 Å². The van der Waals surface area contributed by atoms with Crippen molar-refractivity contribution in [3.8, 4) is 12.1 Å². The fourth-order valence-electron chi connectivity index (χ4n) is 4.40. The lowest BCUT2D eigenvalue weighted by atomic mass is 9.60. The summed E-state index contributed by atoms with van der Waals surface area (Å²) in [4.78, 5) is 12.5. The first-order chi connectivity index (χ1) is 10.0. The van der Waals surface area contributed by atoms with E-state index >= 15 is 0 Å². The molecule has 4 atom stereocenters. The highest BCUT2D eigenvalue weighted by molar-refractivity contribution is 5.95. The SMILES string of the molecule is CCCC1CCC23NC(=O)C(C#N)(C(C#N)=C(N)N2)C3C1. The van der Waals surface area contributed by atoms with E-state index < -0.39 is 11.1 Å². The van der Waals surface area contributed by atoms with Crippen LogP contribution >= 0.6 is 0 Å². The zero-order valence-electron chi connectivity index (χ0n) is 12.1. The van der Waals surface area contributed by atoms with Crippen LogP contribution < -0.4 is 16.4 Å². The van der Waals surface area contributed by atoms with Crippen LogP contribution in [0.1, 0.15) is 39.0 Å². The smallest absolute Gasteiger partial charge is 0.248 e. The highest BCUT2D eigenvalue weighted by Gasteiger charge is 2.69. The number of carbonyl (C=O) groups is 1. The topological polar surface area (TPSA) is 115 Å². The van der Waals surface area contributed by atoms with Gasteiger partial charge in [0.05, 0.1) is 11.6 Å². The fraction of sp³-hybridized carbons (Fsp3) is 0.667. The molecule has 2 aliphatic heterocycles. The van der Waals surface area contributed by atoms with Gasteiger partial charge in [0, 0.05) is 5.92 Å². The second-order valence-corrected chi connectivity index (χ2v) is 6.35. The molecule has 0 spiro atoms. The Morgan fingerprint density at radius 1 is 1.43 bits per heavy atom. The molecule has 0 aromatic rings. The van der Waals surface area contributed by atoms with E-state index in [-0.39, 0.29) is 23.2 Å². The Morgan fingerprint density at radius 2 is 2.19 bits per heavy atom. The number of carbonyl (C=O) groups excluding carboxylic acids is 1. The molecule has 3 aliphatic rings. The third-order valence-electron chi connectivity index (χ3n) is 5.33. The fourth-order valence-corrected chi connectivity index (χ4v) is 4.40. The number of nitrogens with two attached hydrogens (primary N) is 1. The molecule has 2 fully saturated rings. The molecule has 1 amide bonds. The van der Waals surface area contributed by atoms with Gasteiger partial charge in [-0.15, -0.1) is 0 Å². The van der Waals surface area contributed by atoms with Crippen LogP contribution in [0.4, 0.5) is 0 Å². The average Bonchev–Trinajstić information content (AvgIpc) is 2.64. The zero-order chi connectivity index (χ0) is 15.3. The molecule has 4 N–H and O–H groups in total. The molecule has 1 saturated carbocycles. The molecule has 2 heterocycles. The van der Waals surface area contributed by atoms with Crippen molar-refractivity contribution in [2.24, 2.45) is 23.0 Å². The van der Waals surface area contributed by atoms with Gasteiger partial charge in [-0.3, -0.25) is 4.79 Å². The van der Waals surface area contributed by atoms with Crippen molar-refractivity contribution in [2.45, 2.75) is 44.7 Å². The molecule has 0 aromatic heterocycles. The second kappa shape index (κ2) is 4.39. The Balaban J connectivity index is 2.11. The van der Waals surface area contributed by atoms with Gasteiger partial charge in [0.15, 0.2) is 5.41 Å². The van der Waals surface area contributed by atoms with Gasteiger partial charge in [0.2, 0.25) is 5.91 Å². The zero-order valence-corrected chi connectivity index (χ0v) is 12.1. The molecule has 0 radical (unpaired) electrons. The number of nitrogens with one attached hydrogen (secondary N) is 2. The van der Waals surface area contributed by atoms with Crippen molar-refractivity contribution in [3.05, 3.63) is 11.4 Å². The van der Waals surface area contributed by atoms with Gasteiger partial charge < -0.3 is 16.4 Å². The van der Waals surface area contributed by atoms with E-state index in [1.54, 1.807) is 0 Å². The summed E-state index contributed by atoms with van der Waals surface area (Å²) in [5.41, 5.74) is 3.94. The highest BCUT2D eigenvalue weighted by Crippen LogP contribution is 2.56. The summed E-state index contributed by atoms with van der Waals surface area (Å²) in [5, 5.41) is 25.2. The Kier molecular flexibility index (Phi) is 2.88. The monoisotopic (exact) mass is 285 g/mol. The third kappa shape index (κ3) is 1.53. The molecular formula is C15H19N5O. The highest BCUT2D eigenvalue weighted by atomic mass is 16.2. The van der Waals surface area contributed by atoms with Crippen LogP contribution in [-0.4, -0.2) is 11.6 Å². The van der Waals surface area contributed by atoms with Crippen molar-refractivity contribution in [2.75, 3.05) is 0 Å². The van der Waals surface area contributed by atoms with E-state index in [0.717, 1.165) is 32.1 Å². The summed E-state index contributed by atoms with van der Waals surface area (Å²) < 4.78 is 0. The minimum atomic E-state index is -1.42. The van der Waals surface area contributed by atoms with E-state index in [1.807, 2.05) is 6.07 Å². The molecule has 3 rings (SSSR count). The Bertz CT molecular complexity index is 613. The quantitative estimate of drug-likeness (QED) is 0.695. The Morgan fingerprint density at radius 3 is 2.81 bits per heavy atom.